The van der Waals surface area contributed by atoms with Crippen LogP contribution in [0, 0.1) is 0 Å². The minimum atomic E-state index is -3.63. The standard InChI is InChI=1S/C18H18O5S/c1-3-18(19)22-11-12(2)13-8-9-15-17(10-13)24(20,21)16-7-5-4-6-14(16)23-15/h4-10,12H,3,11H2,1-2H3. The Morgan fingerprint density at radius 3 is 2.58 bits per heavy atom. The summed E-state index contributed by atoms with van der Waals surface area (Å²) in [6.45, 7) is 3.82. The number of fused-ring (bicyclic) bond motifs is 2. The highest BCUT2D eigenvalue weighted by molar-refractivity contribution is 7.91. The van der Waals surface area contributed by atoms with Gasteiger partial charge in [-0.1, -0.05) is 32.0 Å². The molecule has 0 aromatic heterocycles. The first kappa shape index (κ1) is 16.5. The number of rotatable bonds is 4. The van der Waals surface area contributed by atoms with E-state index in [2.05, 4.69) is 0 Å². The molecule has 2 aromatic carbocycles. The molecule has 0 saturated carbocycles. The number of carbonyl (C=O) groups excluding carboxylic acids is 1. The van der Waals surface area contributed by atoms with E-state index in [0.717, 1.165) is 5.56 Å². The Morgan fingerprint density at radius 1 is 1.12 bits per heavy atom. The molecule has 0 aliphatic carbocycles. The van der Waals surface area contributed by atoms with E-state index in [0.29, 0.717) is 17.9 Å². The van der Waals surface area contributed by atoms with Crippen molar-refractivity contribution in [3.63, 3.8) is 0 Å². The highest BCUT2D eigenvalue weighted by Gasteiger charge is 2.31. The van der Waals surface area contributed by atoms with Gasteiger partial charge in [-0.25, -0.2) is 8.42 Å². The van der Waals surface area contributed by atoms with E-state index in [1.54, 1.807) is 43.3 Å². The second kappa shape index (κ2) is 6.28. The lowest BCUT2D eigenvalue weighted by atomic mass is 10.0. The zero-order chi connectivity index (χ0) is 17.3. The maximum atomic E-state index is 12.8. The van der Waals surface area contributed by atoms with Crippen LogP contribution in [-0.2, 0) is 19.4 Å². The van der Waals surface area contributed by atoms with Crippen molar-refractivity contribution in [2.75, 3.05) is 6.61 Å². The van der Waals surface area contributed by atoms with Gasteiger partial charge in [-0.05, 0) is 29.8 Å². The minimum absolute atomic E-state index is 0.113. The molecule has 1 aliphatic heterocycles. The molecule has 0 radical (unpaired) electrons. The molecule has 1 aliphatic rings. The smallest absolute Gasteiger partial charge is 0.305 e. The van der Waals surface area contributed by atoms with E-state index in [9.17, 15) is 13.2 Å². The second-order valence-corrected chi connectivity index (χ2v) is 7.58. The van der Waals surface area contributed by atoms with Crippen molar-refractivity contribution >= 4 is 15.8 Å². The van der Waals surface area contributed by atoms with Gasteiger partial charge in [0.05, 0.1) is 6.61 Å². The number of benzene rings is 2. The van der Waals surface area contributed by atoms with Gasteiger partial charge in [0.15, 0.2) is 0 Å². The van der Waals surface area contributed by atoms with E-state index in [4.69, 9.17) is 9.47 Å². The SMILES string of the molecule is CCC(=O)OCC(C)c1ccc2c(c1)S(=O)(=O)c1ccccc1O2. The summed E-state index contributed by atoms with van der Waals surface area (Å²) in [6.07, 6.45) is 0.315. The monoisotopic (exact) mass is 346 g/mol. The largest absolute Gasteiger partial charge is 0.465 e. The number of para-hydroxylation sites is 1. The molecule has 24 heavy (non-hydrogen) atoms. The summed E-state index contributed by atoms with van der Waals surface area (Å²) in [4.78, 5) is 11.6. The van der Waals surface area contributed by atoms with Crippen LogP contribution in [0.1, 0.15) is 31.7 Å². The van der Waals surface area contributed by atoms with E-state index < -0.39 is 9.84 Å². The van der Waals surface area contributed by atoms with Crippen molar-refractivity contribution in [3.8, 4) is 11.5 Å². The van der Waals surface area contributed by atoms with E-state index in [1.165, 1.54) is 6.07 Å². The maximum Gasteiger partial charge on any atom is 0.305 e. The van der Waals surface area contributed by atoms with Gasteiger partial charge in [-0.15, -0.1) is 0 Å². The Labute approximate surface area is 141 Å². The van der Waals surface area contributed by atoms with Gasteiger partial charge < -0.3 is 9.47 Å². The third-order valence-corrected chi connectivity index (χ3v) is 5.78. The minimum Gasteiger partial charge on any atom is -0.465 e. The van der Waals surface area contributed by atoms with E-state index >= 15 is 0 Å². The Balaban J connectivity index is 1.94. The van der Waals surface area contributed by atoms with Crippen molar-refractivity contribution in [2.24, 2.45) is 0 Å². The van der Waals surface area contributed by atoms with Crippen LogP contribution in [0.15, 0.2) is 52.3 Å². The predicted molar refractivity (Wildman–Crippen MR) is 88.1 cm³/mol. The Hall–Kier alpha value is -2.34. The normalized spacial score (nSPS) is 15.6. The zero-order valence-electron chi connectivity index (χ0n) is 13.5. The van der Waals surface area contributed by atoms with Crippen LogP contribution in [0.25, 0.3) is 0 Å². The van der Waals surface area contributed by atoms with Crippen LogP contribution in [0.2, 0.25) is 0 Å². The molecule has 3 rings (SSSR count). The molecule has 6 heteroatoms. The van der Waals surface area contributed by atoms with Crippen LogP contribution in [0.3, 0.4) is 0 Å². The fraction of sp³-hybridized carbons (Fsp3) is 0.278. The Kier molecular flexibility index (Phi) is 4.32. The Morgan fingerprint density at radius 2 is 1.83 bits per heavy atom. The van der Waals surface area contributed by atoms with Crippen LogP contribution >= 0.6 is 0 Å². The molecule has 2 aromatic rings. The lowest BCUT2D eigenvalue weighted by Crippen LogP contribution is -2.13. The van der Waals surface area contributed by atoms with Gasteiger partial charge in [0, 0.05) is 12.3 Å². The zero-order valence-corrected chi connectivity index (χ0v) is 14.3. The molecule has 0 amide bonds. The highest BCUT2D eigenvalue weighted by atomic mass is 32.2. The first-order valence-corrected chi connectivity index (χ1v) is 9.23. The Bertz CT molecular complexity index is 886. The van der Waals surface area contributed by atoms with Crippen molar-refractivity contribution in [1.29, 1.82) is 0 Å². The fourth-order valence-electron chi connectivity index (χ4n) is 2.54. The topological polar surface area (TPSA) is 69.7 Å². The molecule has 0 N–H and O–H groups in total. The number of esters is 1. The van der Waals surface area contributed by atoms with Gasteiger partial charge in [0.2, 0.25) is 9.84 Å². The molecular weight excluding hydrogens is 328 g/mol. The molecule has 1 unspecified atom stereocenters. The lowest BCUT2D eigenvalue weighted by Gasteiger charge is -2.22. The molecule has 1 heterocycles. The number of sulfone groups is 1. The van der Waals surface area contributed by atoms with Gasteiger partial charge in [-0.3, -0.25) is 4.79 Å². The average molecular weight is 346 g/mol. The molecule has 1 atom stereocenters. The molecule has 0 fully saturated rings. The summed E-state index contributed by atoms with van der Waals surface area (Å²) in [5.74, 6) is 0.265. The summed E-state index contributed by atoms with van der Waals surface area (Å²) in [7, 11) is -3.63. The van der Waals surface area contributed by atoms with Crippen molar-refractivity contribution in [1.82, 2.24) is 0 Å². The average Bonchev–Trinajstić information content (AvgIpc) is 2.59. The summed E-state index contributed by atoms with van der Waals surface area (Å²) >= 11 is 0. The maximum absolute atomic E-state index is 12.8. The van der Waals surface area contributed by atoms with Crippen molar-refractivity contribution in [2.45, 2.75) is 36.0 Å². The van der Waals surface area contributed by atoms with Gasteiger partial charge >= 0.3 is 5.97 Å². The molecular formula is C18H18O5S. The lowest BCUT2D eigenvalue weighted by molar-refractivity contribution is -0.143. The summed E-state index contributed by atoms with van der Waals surface area (Å²) in [5.41, 5.74) is 0.782. The van der Waals surface area contributed by atoms with E-state index in [1.807, 2.05) is 6.92 Å². The molecule has 0 spiro atoms. The molecule has 5 nitrogen and oxygen atoms in total. The predicted octanol–water partition coefficient (Wildman–Crippen LogP) is 3.68. The number of hydrogen-bond donors (Lipinski definition) is 0. The fourth-order valence-corrected chi connectivity index (χ4v) is 4.07. The van der Waals surface area contributed by atoms with Crippen LogP contribution in [0.4, 0.5) is 0 Å². The number of ether oxygens (including phenoxy) is 2. The van der Waals surface area contributed by atoms with E-state index in [-0.39, 0.29) is 28.3 Å². The van der Waals surface area contributed by atoms with Crippen LogP contribution in [-0.4, -0.2) is 21.0 Å². The summed E-state index contributed by atoms with van der Waals surface area (Å²) in [6, 6.07) is 11.6. The van der Waals surface area contributed by atoms with Gasteiger partial charge in [0.25, 0.3) is 0 Å². The second-order valence-electron chi connectivity index (χ2n) is 5.70. The van der Waals surface area contributed by atoms with Crippen molar-refractivity contribution < 1.29 is 22.7 Å². The van der Waals surface area contributed by atoms with Crippen LogP contribution in [0.5, 0.6) is 11.5 Å². The van der Waals surface area contributed by atoms with Crippen molar-refractivity contribution in [3.05, 3.63) is 48.0 Å². The number of hydrogen-bond acceptors (Lipinski definition) is 5. The quantitative estimate of drug-likeness (QED) is 0.674. The third-order valence-electron chi connectivity index (χ3n) is 3.97. The van der Waals surface area contributed by atoms with Gasteiger partial charge in [0.1, 0.15) is 21.3 Å². The highest BCUT2D eigenvalue weighted by Crippen LogP contribution is 2.43. The number of carbonyl (C=O) groups is 1. The van der Waals surface area contributed by atoms with Crippen LogP contribution < -0.4 is 4.74 Å². The first-order chi connectivity index (χ1) is 11.4. The van der Waals surface area contributed by atoms with Gasteiger partial charge in [-0.2, -0.15) is 0 Å². The first-order valence-electron chi connectivity index (χ1n) is 7.75. The molecule has 126 valence electrons. The third kappa shape index (κ3) is 2.89. The molecule has 0 saturated heterocycles. The molecule has 0 bridgehead atoms. The summed E-state index contributed by atoms with van der Waals surface area (Å²) < 4.78 is 36.5. The summed E-state index contributed by atoms with van der Waals surface area (Å²) in [5, 5.41) is 0.